The Labute approximate surface area is 104 Å². The van der Waals surface area contributed by atoms with Crippen LogP contribution in [0.4, 0.5) is 5.69 Å². The van der Waals surface area contributed by atoms with E-state index in [9.17, 15) is 0 Å². The molecule has 1 aliphatic rings. The molecule has 0 aliphatic carbocycles. The van der Waals surface area contributed by atoms with E-state index in [1.807, 2.05) is 13.0 Å². The minimum absolute atomic E-state index is 0.0677. The quantitative estimate of drug-likeness (QED) is 0.869. The van der Waals surface area contributed by atoms with Gasteiger partial charge in [0.2, 0.25) is 0 Å². The Bertz CT molecular complexity index is 359. The van der Waals surface area contributed by atoms with E-state index in [1.54, 1.807) is 0 Å². The van der Waals surface area contributed by atoms with E-state index in [-0.39, 0.29) is 6.04 Å². The summed E-state index contributed by atoms with van der Waals surface area (Å²) in [5, 5.41) is 0. The Morgan fingerprint density at radius 3 is 2.88 bits per heavy atom. The van der Waals surface area contributed by atoms with Crippen molar-refractivity contribution in [1.29, 1.82) is 0 Å². The van der Waals surface area contributed by atoms with E-state index >= 15 is 0 Å². The van der Waals surface area contributed by atoms with E-state index in [0.717, 1.165) is 13.2 Å². The molecule has 1 aromatic rings. The molecule has 0 saturated carbocycles. The summed E-state index contributed by atoms with van der Waals surface area (Å²) in [6.45, 7) is 3.88. The summed E-state index contributed by atoms with van der Waals surface area (Å²) in [5.41, 5.74) is 8.42. The molecule has 0 spiro atoms. The molecule has 17 heavy (non-hydrogen) atoms. The van der Waals surface area contributed by atoms with Gasteiger partial charge in [0.1, 0.15) is 0 Å². The number of para-hydroxylation sites is 1. The first-order chi connectivity index (χ1) is 8.18. The van der Waals surface area contributed by atoms with Crippen molar-refractivity contribution in [2.75, 3.05) is 25.1 Å². The molecule has 1 aromatic carbocycles. The monoisotopic (exact) mass is 234 g/mol. The van der Waals surface area contributed by atoms with E-state index in [2.05, 4.69) is 30.1 Å². The maximum atomic E-state index is 6.00. The van der Waals surface area contributed by atoms with E-state index in [1.165, 1.54) is 24.1 Å². The van der Waals surface area contributed by atoms with Crippen molar-refractivity contribution in [2.45, 2.75) is 31.9 Å². The van der Waals surface area contributed by atoms with Crippen LogP contribution in [0.15, 0.2) is 24.3 Å². The van der Waals surface area contributed by atoms with E-state index < -0.39 is 0 Å². The first-order valence-corrected chi connectivity index (χ1v) is 6.35. The van der Waals surface area contributed by atoms with Crippen molar-refractivity contribution in [3.63, 3.8) is 0 Å². The summed E-state index contributed by atoms with van der Waals surface area (Å²) >= 11 is 0. The lowest BCUT2D eigenvalue weighted by Gasteiger charge is -2.26. The SMILES string of the molecule is C[C@@H](N)c1ccccc1N(C)CC1CCCO1. The minimum Gasteiger partial charge on any atom is -0.376 e. The highest BCUT2D eigenvalue weighted by atomic mass is 16.5. The summed E-state index contributed by atoms with van der Waals surface area (Å²) in [5.74, 6) is 0. The summed E-state index contributed by atoms with van der Waals surface area (Å²) in [6, 6.07) is 8.41. The van der Waals surface area contributed by atoms with Crippen LogP contribution in [0.25, 0.3) is 0 Å². The summed E-state index contributed by atoms with van der Waals surface area (Å²) in [6.07, 6.45) is 2.74. The molecule has 0 radical (unpaired) electrons. The Morgan fingerprint density at radius 2 is 2.24 bits per heavy atom. The van der Waals surface area contributed by atoms with Gasteiger partial charge in [0.15, 0.2) is 0 Å². The maximum absolute atomic E-state index is 6.00. The van der Waals surface area contributed by atoms with Crippen molar-refractivity contribution < 1.29 is 4.74 Å². The molecule has 1 saturated heterocycles. The zero-order chi connectivity index (χ0) is 12.3. The van der Waals surface area contributed by atoms with Crippen LogP contribution in [0, 0.1) is 0 Å². The fourth-order valence-electron chi connectivity index (χ4n) is 2.41. The molecule has 0 amide bonds. The van der Waals surface area contributed by atoms with Gasteiger partial charge in [0.05, 0.1) is 6.10 Å². The number of nitrogens with zero attached hydrogens (tertiary/aromatic N) is 1. The standard InChI is InChI=1S/C14H22N2O/c1-11(15)13-7-3-4-8-14(13)16(2)10-12-6-5-9-17-12/h3-4,7-8,11-12H,5-6,9-10,15H2,1-2H3/t11-,12?/m1/s1. The lowest BCUT2D eigenvalue weighted by molar-refractivity contribution is 0.116. The van der Waals surface area contributed by atoms with E-state index in [0.29, 0.717) is 6.10 Å². The number of rotatable bonds is 4. The fourth-order valence-corrected chi connectivity index (χ4v) is 2.41. The van der Waals surface area contributed by atoms with Gasteiger partial charge in [-0.2, -0.15) is 0 Å². The second-order valence-corrected chi connectivity index (χ2v) is 4.86. The number of hydrogen-bond donors (Lipinski definition) is 1. The van der Waals surface area contributed by atoms with Crippen LogP contribution in [0.2, 0.25) is 0 Å². The summed E-state index contributed by atoms with van der Waals surface area (Å²) < 4.78 is 5.67. The Balaban J connectivity index is 2.09. The third kappa shape index (κ3) is 2.99. The van der Waals surface area contributed by atoms with Crippen LogP contribution >= 0.6 is 0 Å². The third-order valence-corrected chi connectivity index (χ3v) is 3.34. The largest absolute Gasteiger partial charge is 0.376 e. The molecule has 94 valence electrons. The Kier molecular flexibility index (Phi) is 4.02. The number of ether oxygens (including phenoxy) is 1. The molecule has 1 unspecified atom stereocenters. The lowest BCUT2D eigenvalue weighted by atomic mass is 10.1. The number of likely N-dealkylation sites (N-methyl/N-ethyl adjacent to an activating group) is 1. The normalized spacial score (nSPS) is 21.5. The van der Waals surface area contributed by atoms with Crippen LogP contribution in [0.1, 0.15) is 31.4 Å². The topological polar surface area (TPSA) is 38.5 Å². The van der Waals surface area contributed by atoms with Gasteiger partial charge in [-0.25, -0.2) is 0 Å². The molecule has 1 fully saturated rings. The molecule has 3 heteroatoms. The molecule has 1 heterocycles. The van der Waals surface area contributed by atoms with Crippen molar-refractivity contribution in [1.82, 2.24) is 0 Å². The van der Waals surface area contributed by atoms with E-state index in [4.69, 9.17) is 10.5 Å². The smallest absolute Gasteiger partial charge is 0.0750 e. The van der Waals surface area contributed by atoms with Crippen molar-refractivity contribution in [3.8, 4) is 0 Å². The van der Waals surface area contributed by atoms with Crippen LogP contribution in [0.3, 0.4) is 0 Å². The van der Waals surface area contributed by atoms with Crippen molar-refractivity contribution in [2.24, 2.45) is 5.73 Å². The van der Waals surface area contributed by atoms with Gasteiger partial charge in [-0.3, -0.25) is 0 Å². The molecule has 2 atom stereocenters. The minimum atomic E-state index is 0.0677. The van der Waals surface area contributed by atoms with Gasteiger partial charge < -0.3 is 15.4 Å². The van der Waals surface area contributed by atoms with Gasteiger partial charge in [0.25, 0.3) is 0 Å². The van der Waals surface area contributed by atoms with Gasteiger partial charge in [-0.15, -0.1) is 0 Å². The van der Waals surface area contributed by atoms with Gasteiger partial charge >= 0.3 is 0 Å². The zero-order valence-corrected chi connectivity index (χ0v) is 10.7. The van der Waals surface area contributed by atoms with Crippen LogP contribution in [-0.4, -0.2) is 26.3 Å². The first kappa shape index (κ1) is 12.4. The van der Waals surface area contributed by atoms with Gasteiger partial charge in [-0.05, 0) is 31.4 Å². The predicted octanol–water partition coefficient (Wildman–Crippen LogP) is 2.32. The predicted molar refractivity (Wildman–Crippen MR) is 71.3 cm³/mol. The van der Waals surface area contributed by atoms with Crippen LogP contribution < -0.4 is 10.6 Å². The van der Waals surface area contributed by atoms with Crippen molar-refractivity contribution >= 4 is 5.69 Å². The van der Waals surface area contributed by atoms with Crippen LogP contribution in [0.5, 0.6) is 0 Å². The second kappa shape index (κ2) is 5.52. The summed E-state index contributed by atoms with van der Waals surface area (Å²) in [4.78, 5) is 2.26. The molecule has 2 rings (SSSR count). The zero-order valence-electron chi connectivity index (χ0n) is 10.7. The number of benzene rings is 1. The third-order valence-electron chi connectivity index (χ3n) is 3.34. The molecule has 1 aliphatic heterocycles. The maximum Gasteiger partial charge on any atom is 0.0750 e. The average Bonchev–Trinajstić information content (AvgIpc) is 2.81. The number of anilines is 1. The Hall–Kier alpha value is -1.06. The number of nitrogens with two attached hydrogens (primary N) is 1. The molecular formula is C14H22N2O. The van der Waals surface area contributed by atoms with Crippen molar-refractivity contribution in [3.05, 3.63) is 29.8 Å². The molecule has 0 bridgehead atoms. The van der Waals surface area contributed by atoms with Crippen LogP contribution in [-0.2, 0) is 4.74 Å². The molecular weight excluding hydrogens is 212 g/mol. The number of hydrogen-bond acceptors (Lipinski definition) is 3. The Morgan fingerprint density at radius 1 is 1.47 bits per heavy atom. The fraction of sp³-hybridized carbons (Fsp3) is 0.571. The highest BCUT2D eigenvalue weighted by Gasteiger charge is 2.19. The first-order valence-electron chi connectivity index (χ1n) is 6.35. The highest BCUT2D eigenvalue weighted by Crippen LogP contribution is 2.25. The average molecular weight is 234 g/mol. The molecule has 0 aromatic heterocycles. The lowest BCUT2D eigenvalue weighted by Crippen LogP contribution is -2.29. The molecule has 3 nitrogen and oxygen atoms in total. The second-order valence-electron chi connectivity index (χ2n) is 4.86. The molecule has 2 N–H and O–H groups in total. The van der Waals surface area contributed by atoms with Gasteiger partial charge in [-0.1, -0.05) is 18.2 Å². The summed E-state index contributed by atoms with van der Waals surface area (Å²) in [7, 11) is 2.11. The highest BCUT2D eigenvalue weighted by molar-refractivity contribution is 5.54. The van der Waals surface area contributed by atoms with Gasteiger partial charge in [0, 0.05) is 31.9 Å².